The quantitative estimate of drug-likeness (QED) is 0.781. The zero-order chi connectivity index (χ0) is 21.7. The lowest BCUT2D eigenvalue weighted by molar-refractivity contribution is -0.117. The Kier molecular flexibility index (Phi) is 6.99. The van der Waals surface area contributed by atoms with Crippen molar-refractivity contribution in [1.29, 1.82) is 0 Å². The third-order valence-electron chi connectivity index (χ3n) is 5.22. The Morgan fingerprint density at radius 3 is 2.43 bits per heavy atom. The van der Waals surface area contributed by atoms with E-state index in [4.69, 9.17) is 4.74 Å². The number of hydrogen-bond donors (Lipinski definition) is 1. The van der Waals surface area contributed by atoms with Gasteiger partial charge in [-0.25, -0.2) is 14.8 Å². The summed E-state index contributed by atoms with van der Waals surface area (Å²) in [7, 11) is 2.04. The number of carbonyl (C=O) groups excluding carboxylic acids is 2. The molecular weight excluding hydrogens is 382 g/mol. The number of anilines is 1. The number of ketones is 1. The van der Waals surface area contributed by atoms with E-state index >= 15 is 0 Å². The van der Waals surface area contributed by atoms with Crippen molar-refractivity contribution in [3.8, 4) is 5.75 Å². The lowest BCUT2D eigenvalue weighted by Crippen LogP contribution is -2.48. The summed E-state index contributed by atoms with van der Waals surface area (Å²) < 4.78 is 5.49. The van der Waals surface area contributed by atoms with Gasteiger partial charge in [-0.3, -0.25) is 4.79 Å². The molecule has 1 aromatic carbocycles. The zero-order valence-electron chi connectivity index (χ0n) is 18.0. The van der Waals surface area contributed by atoms with Gasteiger partial charge in [-0.1, -0.05) is 12.1 Å². The minimum Gasteiger partial charge on any atom is -0.410 e. The second kappa shape index (κ2) is 9.67. The van der Waals surface area contributed by atoms with E-state index in [2.05, 4.69) is 20.2 Å². The van der Waals surface area contributed by atoms with Crippen LogP contribution >= 0.6 is 0 Å². The summed E-state index contributed by atoms with van der Waals surface area (Å²) in [4.78, 5) is 36.9. The molecule has 1 fully saturated rings. The number of aryl methyl sites for hydroxylation is 2. The average Bonchev–Trinajstić information content (AvgIpc) is 2.72. The number of rotatable bonds is 6. The maximum Gasteiger partial charge on any atom is 0.415 e. The molecule has 0 saturated carbocycles. The fourth-order valence-corrected chi connectivity index (χ4v) is 3.22. The van der Waals surface area contributed by atoms with Crippen LogP contribution in [0.1, 0.15) is 23.9 Å². The number of Topliss-reactive ketones (excluding diaryl/α,β-unsaturated/α-hetero) is 1. The van der Waals surface area contributed by atoms with Crippen molar-refractivity contribution in [3.63, 3.8) is 0 Å². The number of nitrogens with one attached hydrogen (secondary N) is 1. The number of nitrogens with zero attached hydrogens (tertiary/aromatic N) is 4. The highest BCUT2D eigenvalue weighted by Crippen LogP contribution is 2.18. The summed E-state index contributed by atoms with van der Waals surface area (Å²) in [6, 6.07) is 6.88. The highest BCUT2D eigenvalue weighted by Gasteiger charge is 2.21. The first-order valence-corrected chi connectivity index (χ1v) is 10.1. The number of amides is 1. The van der Waals surface area contributed by atoms with E-state index < -0.39 is 6.04 Å². The minimum absolute atomic E-state index is 0.0243. The first-order chi connectivity index (χ1) is 14.3. The molecule has 0 radical (unpaired) electrons. The second-order valence-corrected chi connectivity index (χ2v) is 7.76. The van der Waals surface area contributed by atoms with Crippen LogP contribution in [0.3, 0.4) is 0 Å². The van der Waals surface area contributed by atoms with E-state index in [0.29, 0.717) is 36.9 Å². The van der Waals surface area contributed by atoms with Gasteiger partial charge in [0.1, 0.15) is 17.4 Å². The fraction of sp³-hybridized carbons (Fsp3) is 0.455. The molecule has 3 rings (SSSR count). The van der Waals surface area contributed by atoms with Crippen LogP contribution in [0.15, 0.2) is 30.5 Å². The van der Waals surface area contributed by atoms with Crippen molar-refractivity contribution in [2.24, 2.45) is 0 Å². The molecule has 160 valence electrons. The van der Waals surface area contributed by atoms with Crippen molar-refractivity contribution in [2.75, 3.05) is 38.5 Å². The Morgan fingerprint density at radius 2 is 1.80 bits per heavy atom. The van der Waals surface area contributed by atoms with E-state index in [9.17, 15) is 9.59 Å². The molecule has 0 aliphatic carbocycles. The van der Waals surface area contributed by atoms with E-state index in [1.807, 2.05) is 33.0 Å². The highest BCUT2D eigenvalue weighted by molar-refractivity contribution is 5.84. The standard InChI is InChI=1S/C22H29N5O3/c1-15-14-23-17(3)24-21(15)25-20(16(2)28)13-18-5-7-19(8-6-18)30-22(29)27-11-9-26(4)10-12-27/h5-8,14,20H,9-13H2,1-4H3,(H,23,24,25)/t20-/m0/s1. The monoisotopic (exact) mass is 411 g/mol. The molecule has 1 aromatic heterocycles. The lowest BCUT2D eigenvalue weighted by Gasteiger charge is -2.31. The van der Waals surface area contributed by atoms with Gasteiger partial charge in [0.15, 0.2) is 5.78 Å². The average molecular weight is 412 g/mol. The predicted octanol–water partition coefficient (Wildman–Crippen LogP) is 2.45. The van der Waals surface area contributed by atoms with Crippen molar-refractivity contribution in [2.45, 2.75) is 33.2 Å². The third-order valence-corrected chi connectivity index (χ3v) is 5.22. The molecule has 1 atom stereocenters. The van der Waals surface area contributed by atoms with Gasteiger partial charge in [0, 0.05) is 37.9 Å². The number of benzene rings is 1. The number of ether oxygens (including phenoxy) is 1. The summed E-state index contributed by atoms with van der Waals surface area (Å²) in [6.07, 6.45) is 1.92. The molecule has 30 heavy (non-hydrogen) atoms. The van der Waals surface area contributed by atoms with Gasteiger partial charge in [-0.15, -0.1) is 0 Å². The van der Waals surface area contributed by atoms with Gasteiger partial charge in [-0.05, 0) is 51.9 Å². The van der Waals surface area contributed by atoms with Crippen LogP contribution in [0.4, 0.5) is 10.6 Å². The minimum atomic E-state index is -0.406. The molecule has 0 spiro atoms. The number of likely N-dealkylation sites (N-methyl/N-ethyl adjacent to an activating group) is 1. The Labute approximate surface area is 177 Å². The molecule has 8 heteroatoms. The summed E-state index contributed by atoms with van der Waals surface area (Å²) >= 11 is 0. The fourth-order valence-electron chi connectivity index (χ4n) is 3.22. The smallest absolute Gasteiger partial charge is 0.410 e. The molecule has 1 N–H and O–H groups in total. The third kappa shape index (κ3) is 5.76. The van der Waals surface area contributed by atoms with E-state index in [0.717, 1.165) is 24.2 Å². The zero-order valence-corrected chi connectivity index (χ0v) is 18.0. The van der Waals surface area contributed by atoms with E-state index in [-0.39, 0.29) is 11.9 Å². The van der Waals surface area contributed by atoms with Crippen molar-refractivity contribution in [1.82, 2.24) is 19.8 Å². The van der Waals surface area contributed by atoms with Crippen LogP contribution in [0.25, 0.3) is 0 Å². The highest BCUT2D eigenvalue weighted by atomic mass is 16.6. The maximum absolute atomic E-state index is 12.3. The van der Waals surface area contributed by atoms with Gasteiger partial charge >= 0.3 is 6.09 Å². The SMILES string of the molecule is CC(=O)[C@H](Cc1ccc(OC(=O)N2CCN(C)CC2)cc1)Nc1nc(C)ncc1C. The molecule has 0 unspecified atom stereocenters. The normalized spacial score (nSPS) is 15.5. The molecular formula is C22H29N5O3. The van der Waals surface area contributed by atoms with Crippen LogP contribution in [0.2, 0.25) is 0 Å². The van der Waals surface area contributed by atoms with Gasteiger partial charge in [0.05, 0.1) is 6.04 Å². The first-order valence-electron chi connectivity index (χ1n) is 10.1. The second-order valence-electron chi connectivity index (χ2n) is 7.76. The van der Waals surface area contributed by atoms with E-state index in [1.54, 1.807) is 30.2 Å². The Hall–Kier alpha value is -3.00. The molecule has 1 saturated heterocycles. The van der Waals surface area contributed by atoms with Crippen LogP contribution in [-0.2, 0) is 11.2 Å². The van der Waals surface area contributed by atoms with Crippen LogP contribution in [0.5, 0.6) is 5.75 Å². The summed E-state index contributed by atoms with van der Waals surface area (Å²) in [6.45, 7) is 8.31. The van der Waals surface area contributed by atoms with Gasteiger partial charge in [-0.2, -0.15) is 0 Å². The number of piperazine rings is 1. The molecule has 2 aromatic rings. The van der Waals surface area contributed by atoms with Crippen LogP contribution < -0.4 is 10.1 Å². The Morgan fingerprint density at radius 1 is 1.13 bits per heavy atom. The summed E-state index contributed by atoms with van der Waals surface area (Å²) in [5, 5.41) is 3.23. The number of carbonyl (C=O) groups is 2. The summed E-state index contributed by atoms with van der Waals surface area (Å²) in [5.41, 5.74) is 1.85. The van der Waals surface area contributed by atoms with Crippen molar-refractivity contribution in [3.05, 3.63) is 47.4 Å². The van der Waals surface area contributed by atoms with Crippen LogP contribution in [-0.4, -0.2) is 70.9 Å². The lowest BCUT2D eigenvalue weighted by atomic mass is 10.0. The maximum atomic E-state index is 12.3. The molecule has 0 bridgehead atoms. The number of aromatic nitrogens is 2. The van der Waals surface area contributed by atoms with Crippen LogP contribution in [0, 0.1) is 13.8 Å². The molecule has 1 amide bonds. The van der Waals surface area contributed by atoms with Gasteiger partial charge in [0.2, 0.25) is 0 Å². The molecule has 1 aliphatic rings. The first kappa shape index (κ1) is 21.7. The van der Waals surface area contributed by atoms with Gasteiger partial charge < -0.3 is 19.9 Å². The largest absolute Gasteiger partial charge is 0.415 e. The summed E-state index contributed by atoms with van der Waals surface area (Å²) in [5.74, 6) is 1.84. The van der Waals surface area contributed by atoms with Crippen molar-refractivity contribution < 1.29 is 14.3 Å². The Bertz CT molecular complexity index is 892. The molecule has 8 nitrogen and oxygen atoms in total. The topological polar surface area (TPSA) is 87.7 Å². The van der Waals surface area contributed by atoms with E-state index in [1.165, 1.54) is 0 Å². The Balaban J connectivity index is 1.61. The predicted molar refractivity (Wildman–Crippen MR) is 115 cm³/mol. The molecule has 2 heterocycles. The van der Waals surface area contributed by atoms with Gasteiger partial charge in [0.25, 0.3) is 0 Å². The van der Waals surface area contributed by atoms with Crippen molar-refractivity contribution >= 4 is 17.7 Å². The molecule has 1 aliphatic heterocycles. The number of hydrogen-bond acceptors (Lipinski definition) is 7.